The van der Waals surface area contributed by atoms with Gasteiger partial charge in [-0.1, -0.05) is 6.92 Å². The molecule has 0 unspecified atom stereocenters. The lowest BCUT2D eigenvalue weighted by Crippen LogP contribution is -2.33. The molecule has 8 nitrogen and oxygen atoms in total. The number of nitro benzene ring substituents is 1. The van der Waals surface area contributed by atoms with Crippen LogP contribution in [-0.4, -0.2) is 37.0 Å². The van der Waals surface area contributed by atoms with Gasteiger partial charge in [-0.2, -0.15) is 0 Å². The van der Waals surface area contributed by atoms with Crippen molar-refractivity contribution in [3.05, 3.63) is 63.5 Å². The van der Waals surface area contributed by atoms with Crippen LogP contribution in [0.15, 0.2) is 36.4 Å². The summed E-state index contributed by atoms with van der Waals surface area (Å²) in [5, 5.41) is 14.0. The summed E-state index contributed by atoms with van der Waals surface area (Å²) in [6, 6.07) is 7.62. The molecule has 1 N–H and O–H groups in total. The van der Waals surface area contributed by atoms with Crippen LogP contribution in [0.25, 0.3) is 0 Å². The number of benzene rings is 2. The topological polar surface area (TPSA) is 102 Å². The summed E-state index contributed by atoms with van der Waals surface area (Å²) >= 11 is 0. The zero-order chi connectivity index (χ0) is 21.8. The molecule has 30 heavy (non-hydrogen) atoms. The Hall–Kier alpha value is -3.49. The number of anilines is 2. The van der Waals surface area contributed by atoms with E-state index in [1.807, 2.05) is 4.90 Å². The van der Waals surface area contributed by atoms with Crippen LogP contribution in [0.4, 0.5) is 21.5 Å². The van der Waals surface area contributed by atoms with Crippen LogP contribution in [-0.2, 0) is 4.74 Å². The molecule has 9 heteroatoms. The summed E-state index contributed by atoms with van der Waals surface area (Å²) in [6.07, 6.45) is 1.88. The van der Waals surface area contributed by atoms with Crippen LogP contribution in [0.2, 0.25) is 0 Å². The highest BCUT2D eigenvalue weighted by atomic mass is 19.1. The monoisotopic (exact) mass is 415 g/mol. The van der Waals surface area contributed by atoms with Crippen molar-refractivity contribution in [1.82, 2.24) is 0 Å². The molecule has 158 valence electrons. The lowest BCUT2D eigenvalue weighted by Gasteiger charge is -2.31. The number of rotatable bonds is 5. The molecule has 1 saturated heterocycles. The molecule has 2 aromatic rings. The van der Waals surface area contributed by atoms with E-state index >= 15 is 0 Å². The van der Waals surface area contributed by atoms with Crippen molar-refractivity contribution in [3.8, 4) is 0 Å². The maximum atomic E-state index is 14.1. The molecule has 0 saturated carbocycles. The Balaban J connectivity index is 1.85. The van der Waals surface area contributed by atoms with Gasteiger partial charge in [-0.25, -0.2) is 9.18 Å². The molecule has 3 rings (SSSR count). The fourth-order valence-electron chi connectivity index (χ4n) is 3.39. The van der Waals surface area contributed by atoms with Gasteiger partial charge in [0.15, 0.2) is 0 Å². The Morgan fingerprint density at radius 1 is 1.17 bits per heavy atom. The van der Waals surface area contributed by atoms with Gasteiger partial charge in [0.2, 0.25) is 0 Å². The molecule has 1 heterocycles. The predicted octanol–water partition coefficient (Wildman–Crippen LogP) is 4.01. The van der Waals surface area contributed by atoms with E-state index in [1.54, 1.807) is 6.07 Å². The van der Waals surface area contributed by atoms with Gasteiger partial charge >= 0.3 is 5.97 Å². The molecule has 0 bridgehead atoms. The van der Waals surface area contributed by atoms with Gasteiger partial charge in [-0.05, 0) is 49.1 Å². The van der Waals surface area contributed by atoms with E-state index in [9.17, 15) is 24.1 Å². The molecule has 1 amide bonds. The van der Waals surface area contributed by atoms with Gasteiger partial charge in [-0.3, -0.25) is 14.9 Å². The van der Waals surface area contributed by atoms with E-state index in [0.717, 1.165) is 25.0 Å². The number of hydrogen-bond acceptors (Lipinski definition) is 6. The van der Waals surface area contributed by atoms with Crippen molar-refractivity contribution in [3.63, 3.8) is 0 Å². The van der Waals surface area contributed by atoms with Crippen LogP contribution in [0, 0.1) is 21.8 Å². The number of nitro groups is 1. The molecule has 1 aliphatic heterocycles. The number of ether oxygens (including phenoxy) is 1. The number of carbonyl (C=O) groups excluding carboxylic acids is 2. The number of nitrogens with one attached hydrogen (secondary N) is 1. The molecule has 0 aromatic heterocycles. The zero-order valence-corrected chi connectivity index (χ0v) is 16.7. The van der Waals surface area contributed by atoms with Crippen molar-refractivity contribution in [2.45, 2.75) is 19.8 Å². The lowest BCUT2D eigenvalue weighted by atomic mass is 9.98. The Morgan fingerprint density at radius 3 is 2.47 bits per heavy atom. The molecule has 0 spiro atoms. The van der Waals surface area contributed by atoms with Crippen LogP contribution in [0.3, 0.4) is 0 Å². The highest BCUT2D eigenvalue weighted by Crippen LogP contribution is 2.32. The molecule has 2 aromatic carbocycles. The van der Waals surface area contributed by atoms with Crippen LogP contribution >= 0.6 is 0 Å². The van der Waals surface area contributed by atoms with Crippen molar-refractivity contribution in [2.24, 2.45) is 5.92 Å². The van der Waals surface area contributed by atoms with Crippen molar-refractivity contribution in [1.29, 1.82) is 0 Å². The second-order valence-corrected chi connectivity index (χ2v) is 7.27. The second-order valence-electron chi connectivity index (χ2n) is 7.27. The van der Waals surface area contributed by atoms with Crippen LogP contribution < -0.4 is 10.2 Å². The fourth-order valence-corrected chi connectivity index (χ4v) is 3.39. The Labute approximate surface area is 172 Å². The maximum absolute atomic E-state index is 14.1. The van der Waals surface area contributed by atoms with Crippen molar-refractivity contribution in [2.75, 3.05) is 30.4 Å². The van der Waals surface area contributed by atoms with E-state index in [4.69, 9.17) is 0 Å². The molecule has 0 atom stereocenters. The number of halogens is 1. The second kappa shape index (κ2) is 8.89. The number of esters is 1. The number of carbonyl (C=O) groups is 2. The highest BCUT2D eigenvalue weighted by Gasteiger charge is 2.25. The van der Waals surface area contributed by atoms with Gasteiger partial charge < -0.3 is 15.0 Å². The van der Waals surface area contributed by atoms with Gasteiger partial charge in [0, 0.05) is 24.7 Å². The fraction of sp³-hybridized carbons (Fsp3) is 0.333. The smallest absolute Gasteiger partial charge is 0.337 e. The third-order valence-electron chi connectivity index (χ3n) is 5.19. The minimum Gasteiger partial charge on any atom is -0.465 e. The minimum absolute atomic E-state index is 0.0127. The van der Waals surface area contributed by atoms with Crippen molar-refractivity contribution >= 4 is 28.9 Å². The SMILES string of the molecule is COC(=O)c1ccc(F)c(NC(=O)c2ccc(N3CCC(C)CC3)c([N+](=O)[O-])c2)c1. The van der Waals surface area contributed by atoms with Crippen molar-refractivity contribution < 1.29 is 23.6 Å². The average Bonchev–Trinajstić information content (AvgIpc) is 2.74. The lowest BCUT2D eigenvalue weighted by molar-refractivity contribution is -0.384. The third kappa shape index (κ3) is 4.56. The number of piperidine rings is 1. The number of amides is 1. The Morgan fingerprint density at radius 2 is 1.83 bits per heavy atom. The third-order valence-corrected chi connectivity index (χ3v) is 5.19. The Bertz CT molecular complexity index is 987. The summed E-state index contributed by atoms with van der Waals surface area (Å²) in [6.45, 7) is 3.56. The molecule has 1 fully saturated rings. The summed E-state index contributed by atoms with van der Waals surface area (Å²) in [5.74, 6) is -1.58. The van der Waals surface area contributed by atoms with E-state index in [-0.39, 0.29) is 22.5 Å². The van der Waals surface area contributed by atoms with Gasteiger partial charge in [0.1, 0.15) is 11.5 Å². The van der Waals surface area contributed by atoms with E-state index in [0.29, 0.717) is 24.7 Å². The minimum atomic E-state index is -0.746. The van der Waals surface area contributed by atoms with Crippen LogP contribution in [0.1, 0.15) is 40.5 Å². The van der Waals surface area contributed by atoms with Gasteiger partial charge in [0.25, 0.3) is 11.6 Å². The van der Waals surface area contributed by atoms with E-state index < -0.39 is 22.6 Å². The Kier molecular flexibility index (Phi) is 6.29. The molecule has 0 radical (unpaired) electrons. The standard InChI is InChI=1S/C21H22FN3O5/c1-13-7-9-24(10-8-13)18-6-4-14(12-19(18)25(28)29)20(26)23-17-11-15(21(27)30-2)3-5-16(17)22/h3-6,11-13H,7-10H2,1-2H3,(H,23,26). The first-order valence-electron chi connectivity index (χ1n) is 9.52. The van der Waals surface area contributed by atoms with Crippen LogP contribution in [0.5, 0.6) is 0 Å². The zero-order valence-electron chi connectivity index (χ0n) is 16.7. The molecular weight excluding hydrogens is 393 g/mol. The number of methoxy groups -OCH3 is 1. The summed E-state index contributed by atoms with van der Waals surface area (Å²) in [5.41, 5.74) is 0.136. The first-order chi connectivity index (χ1) is 14.3. The van der Waals surface area contributed by atoms with E-state index in [1.165, 1.54) is 25.3 Å². The first kappa shape index (κ1) is 21.2. The highest BCUT2D eigenvalue weighted by molar-refractivity contribution is 6.05. The van der Waals surface area contributed by atoms with Gasteiger partial charge in [-0.15, -0.1) is 0 Å². The quantitative estimate of drug-likeness (QED) is 0.450. The average molecular weight is 415 g/mol. The largest absolute Gasteiger partial charge is 0.465 e. The number of hydrogen-bond donors (Lipinski definition) is 1. The number of nitrogens with zero attached hydrogens (tertiary/aromatic N) is 2. The summed E-state index contributed by atoms with van der Waals surface area (Å²) in [4.78, 5) is 37.2. The van der Waals surface area contributed by atoms with E-state index in [2.05, 4.69) is 17.0 Å². The predicted molar refractivity (Wildman–Crippen MR) is 109 cm³/mol. The first-order valence-corrected chi connectivity index (χ1v) is 9.52. The molecular formula is C21H22FN3O5. The maximum Gasteiger partial charge on any atom is 0.337 e. The normalized spacial score (nSPS) is 14.3. The summed E-state index contributed by atoms with van der Waals surface area (Å²) < 4.78 is 18.7. The molecule has 0 aliphatic carbocycles. The van der Waals surface area contributed by atoms with Gasteiger partial charge in [0.05, 0.1) is 23.3 Å². The molecule has 1 aliphatic rings. The summed E-state index contributed by atoms with van der Waals surface area (Å²) in [7, 11) is 1.19.